The molecule has 1 aromatic carbocycles. The van der Waals surface area contributed by atoms with E-state index in [1.54, 1.807) is 23.8 Å². The molecule has 124 valence electrons. The molecule has 0 spiro atoms. The number of ether oxygens (including phenoxy) is 1. The molecular weight excluding hydrogens is 302 g/mol. The summed E-state index contributed by atoms with van der Waals surface area (Å²) in [4.78, 5) is 19.0. The molecule has 0 aliphatic carbocycles. The molecule has 0 bridgehead atoms. The fourth-order valence-corrected chi connectivity index (χ4v) is 2.71. The topological polar surface area (TPSA) is 46.8 Å². The Morgan fingerprint density at radius 3 is 2.58 bits per heavy atom. The van der Waals surface area contributed by atoms with Crippen molar-refractivity contribution in [3.63, 3.8) is 0 Å². The third-order valence-electron chi connectivity index (χ3n) is 3.92. The molecule has 5 heteroatoms. The number of fused-ring (bicyclic) bond motifs is 1. The second-order valence-electron chi connectivity index (χ2n) is 6.04. The van der Waals surface area contributed by atoms with Gasteiger partial charge in [-0.3, -0.25) is 14.1 Å². The number of hydrogen-bond donors (Lipinski definition) is 0. The van der Waals surface area contributed by atoms with Gasteiger partial charge in [0.25, 0.3) is 5.56 Å². The first-order valence-corrected chi connectivity index (χ1v) is 7.85. The van der Waals surface area contributed by atoms with Crippen LogP contribution in [0.3, 0.4) is 0 Å². The molecule has 0 aliphatic rings. The highest BCUT2D eigenvalue weighted by Crippen LogP contribution is 2.13. The largest absolute Gasteiger partial charge is 0.497 e. The van der Waals surface area contributed by atoms with Crippen molar-refractivity contribution in [1.29, 1.82) is 0 Å². The quantitative estimate of drug-likeness (QED) is 0.724. The van der Waals surface area contributed by atoms with Crippen molar-refractivity contribution in [3.05, 3.63) is 75.8 Å². The van der Waals surface area contributed by atoms with E-state index in [0.717, 1.165) is 23.6 Å². The highest BCUT2D eigenvalue weighted by molar-refractivity contribution is 5.41. The molecule has 0 aliphatic heterocycles. The van der Waals surface area contributed by atoms with E-state index in [1.807, 2.05) is 50.4 Å². The molecule has 0 saturated carbocycles. The van der Waals surface area contributed by atoms with Crippen LogP contribution in [-0.4, -0.2) is 28.4 Å². The Hall–Kier alpha value is -2.66. The number of benzene rings is 1. The van der Waals surface area contributed by atoms with E-state index in [1.165, 1.54) is 5.56 Å². The number of nitrogens with zero attached hydrogens (tertiary/aromatic N) is 3. The Morgan fingerprint density at radius 1 is 1.12 bits per heavy atom. The highest BCUT2D eigenvalue weighted by atomic mass is 16.5. The van der Waals surface area contributed by atoms with E-state index in [0.29, 0.717) is 12.2 Å². The van der Waals surface area contributed by atoms with Crippen molar-refractivity contribution in [1.82, 2.24) is 14.3 Å². The van der Waals surface area contributed by atoms with Crippen molar-refractivity contribution >= 4 is 5.65 Å². The Balaban J connectivity index is 1.77. The standard InChI is InChI=1S/C19H21N3O2/c1-14-8-9-22-18(10-14)20-16(11-19(22)23)13-21(2)12-15-4-6-17(24-3)7-5-15/h4-11H,12-13H2,1-3H3. The number of aryl methyl sites for hydroxylation is 1. The van der Waals surface area contributed by atoms with Gasteiger partial charge in [-0.15, -0.1) is 0 Å². The van der Waals surface area contributed by atoms with Crippen LogP contribution in [0.15, 0.2) is 53.5 Å². The summed E-state index contributed by atoms with van der Waals surface area (Å²) in [7, 11) is 3.68. The summed E-state index contributed by atoms with van der Waals surface area (Å²) >= 11 is 0. The van der Waals surface area contributed by atoms with Gasteiger partial charge < -0.3 is 4.74 Å². The number of hydrogen-bond acceptors (Lipinski definition) is 4. The lowest BCUT2D eigenvalue weighted by Gasteiger charge is -2.16. The van der Waals surface area contributed by atoms with Crippen molar-refractivity contribution in [2.75, 3.05) is 14.2 Å². The first kappa shape index (κ1) is 16.2. The lowest BCUT2D eigenvalue weighted by Crippen LogP contribution is -2.21. The number of aromatic nitrogens is 2. The second kappa shape index (κ2) is 6.84. The summed E-state index contributed by atoms with van der Waals surface area (Å²) in [5, 5.41) is 0. The zero-order valence-electron chi connectivity index (χ0n) is 14.2. The Kier molecular flexibility index (Phi) is 4.62. The van der Waals surface area contributed by atoms with E-state index >= 15 is 0 Å². The van der Waals surface area contributed by atoms with Crippen LogP contribution in [-0.2, 0) is 13.1 Å². The predicted octanol–water partition coefficient (Wildman–Crippen LogP) is 2.64. The molecule has 0 radical (unpaired) electrons. The number of methoxy groups -OCH3 is 1. The average Bonchev–Trinajstić information content (AvgIpc) is 2.55. The minimum atomic E-state index is -0.0483. The van der Waals surface area contributed by atoms with Gasteiger partial charge in [0.2, 0.25) is 0 Å². The Morgan fingerprint density at radius 2 is 1.88 bits per heavy atom. The normalized spacial score (nSPS) is 11.2. The summed E-state index contributed by atoms with van der Waals surface area (Å²) in [6.07, 6.45) is 1.77. The average molecular weight is 323 g/mol. The van der Waals surface area contributed by atoms with Crippen LogP contribution in [0.5, 0.6) is 5.75 Å². The molecule has 0 amide bonds. The van der Waals surface area contributed by atoms with Crippen molar-refractivity contribution in [2.45, 2.75) is 20.0 Å². The summed E-state index contributed by atoms with van der Waals surface area (Å²) in [5.41, 5.74) is 3.70. The molecular formula is C19H21N3O2. The lowest BCUT2D eigenvalue weighted by atomic mass is 10.2. The second-order valence-corrected chi connectivity index (χ2v) is 6.04. The fraction of sp³-hybridized carbons (Fsp3) is 0.263. The van der Waals surface area contributed by atoms with Crippen LogP contribution >= 0.6 is 0 Å². The van der Waals surface area contributed by atoms with Crippen molar-refractivity contribution < 1.29 is 4.74 Å². The highest BCUT2D eigenvalue weighted by Gasteiger charge is 2.07. The minimum Gasteiger partial charge on any atom is -0.497 e. The van der Waals surface area contributed by atoms with Gasteiger partial charge in [-0.1, -0.05) is 12.1 Å². The summed E-state index contributed by atoms with van der Waals surface area (Å²) in [5.74, 6) is 0.848. The van der Waals surface area contributed by atoms with Crippen LogP contribution in [0.2, 0.25) is 0 Å². The summed E-state index contributed by atoms with van der Waals surface area (Å²) in [6.45, 7) is 3.39. The zero-order valence-corrected chi connectivity index (χ0v) is 14.2. The third kappa shape index (κ3) is 3.63. The van der Waals surface area contributed by atoms with Crippen molar-refractivity contribution in [2.24, 2.45) is 0 Å². The van der Waals surface area contributed by atoms with Crippen LogP contribution in [0.1, 0.15) is 16.8 Å². The number of pyridine rings is 1. The molecule has 0 fully saturated rings. The van der Waals surface area contributed by atoms with Crippen LogP contribution in [0.4, 0.5) is 0 Å². The van der Waals surface area contributed by atoms with Crippen LogP contribution in [0, 0.1) is 6.92 Å². The van der Waals surface area contributed by atoms with Crippen molar-refractivity contribution in [3.8, 4) is 5.75 Å². The predicted molar refractivity (Wildman–Crippen MR) is 94.4 cm³/mol. The van der Waals surface area contributed by atoms with Gasteiger partial charge in [0.1, 0.15) is 11.4 Å². The van der Waals surface area contributed by atoms with Gasteiger partial charge in [-0.25, -0.2) is 4.98 Å². The first-order chi connectivity index (χ1) is 11.5. The molecule has 3 aromatic rings. The number of rotatable bonds is 5. The molecule has 2 heterocycles. The monoisotopic (exact) mass is 323 g/mol. The molecule has 3 rings (SSSR count). The van der Waals surface area contributed by atoms with Gasteiger partial charge in [0.15, 0.2) is 0 Å². The molecule has 0 saturated heterocycles. The lowest BCUT2D eigenvalue weighted by molar-refractivity contribution is 0.315. The third-order valence-corrected chi connectivity index (χ3v) is 3.92. The molecule has 0 atom stereocenters. The first-order valence-electron chi connectivity index (χ1n) is 7.85. The maximum Gasteiger partial charge on any atom is 0.258 e. The van der Waals surface area contributed by atoms with E-state index < -0.39 is 0 Å². The summed E-state index contributed by atoms with van der Waals surface area (Å²) < 4.78 is 6.74. The minimum absolute atomic E-state index is 0.0483. The van der Waals surface area contributed by atoms with E-state index in [4.69, 9.17) is 4.74 Å². The van der Waals surface area contributed by atoms with Gasteiger partial charge in [-0.05, 0) is 49.4 Å². The van der Waals surface area contributed by atoms with E-state index in [2.05, 4.69) is 9.88 Å². The zero-order chi connectivity index (χ0) is 17.1. The van der Waals surface area contributed by atoms with E-state index in [9.17, 15) is 4.79 Å². The van der Waals surface area contributed by atoms with Crippen LogP contribution < -0.4 is 10.3 Å². The molecule has 24 heavy (non-hydrogen) atoms. The van der Waals surface area contributed by atoms with Gasteiger partial charge in [0, 0.05) is 25.4 Å². The van der Waals surface area contributed by atoms with E-state index in [-0.39, 0.29) is 5.56 Å². The van der Waals surface area contributed by atoms with Gasteiger partial charge in [-0.2, -0.15) is 0 Å². The SMILES string of the molecule is COc1ccc(CN(C)Cc2cc(=O)n3ccc(C)cc3n2)cc1. The molecule has 5 nitrogen and oxygen atoms in total. The molecule has 0 N–H and O–H groups in total. The molecule has 2 aromatic heterocycles. The Bertz CT molecular complexity index is 901. The smallest absolute Gasteiger partial charge is 0.258 e. The fourth-order valence-electron chi connectivity index (χ4n) is 2.71. The Labute approximate surface area is 141 Å². The summed E-state index contributed by atoms with van der Waals surface area (Å²) in [6, 6.07) is 13.4. The maximum absolute atomic E-state index is 12.2. The van der Waals surface area contributed by atoms with Gasteiger partial charge in [0.05, 0.1) is 12.8 Å². The molecule has 0 unspecified atom stereocenters. The van der Waals surface area contributed by atoms with Gasteiger partial charge >= 0.3 is 0 Å². The maximum atomic E-state index is 12.2. The van der Waals surface area contributed by atoms with Crippen LogP contribution in [0.25, 0.3) is 5.65 Å².